The summed E-state index contributed by atoms with van der Waals surface area (Å²) in [7, 11) is 0. The van der Waals surface area contributed by atoms with Gasteiger partial charge in [0.15, 0.2) is 0 Å². The molecule has 2 heteroatoms. The number of nitrogens with zero attached hydrogens (tertiary/aromatic N) is 2. The lowest BCUT2D eigenvalue weighted by Gasteiger charge is -2.37. The van der Waals surface area contributed by atoms with E-state index < -0.39 is 0 Å². The van der Waals surface area contributed by atoms with Crippen molar-refractivity contribution in [3.63, 3.8) is 0 Å². The van der Waals surface area contributed by atoms with Crippen molar-refractivity contribution in [2.75, 3.05) is 13.1 Å². The molecule has 0 atom stereocenters. The first-order valence-corrected chi connectivity index (χ1v) is 8.35. The third-order valence-corrected chi connectivity index (χ3v) is 4.31. The van der Waals surface area contributed by atoms with Crippen LogP contribution in [0, 0.1) is 17.3 Å². The van der Waals surface area contributed by atoms with Crippen LogP contribution in [0.5, 0.6) is 0 Å². The van der Waals surface area contributed by atoms with Gasteiger partial charge < -0.3 is 0 Å². The third-order valence-electron chi connectivity index (χ3n) is 4.31. The van der Waals surface area contributed by atoms with E-state index >= 15 is 0 Å². The van der Waals surface area contributed by atoms with Crippen molar-refractivity contribution >= 4 is 0 Å². The summed E-state index contributed by atoms with van der Waals surface area (Å²) < 4.78 is 0. The molecule has 0 bridgehead atoms. The fourth-order valence-electron chi connectivity index (χ4n) is 3.17. The molecule has 118 valence electrons. The molecule has 2 nitrogen and oxygen atoms in total. The molecule has 1 aromatic carbocycles. The Morgan fingerprint density at radius 3 is 2.52 bits per heavy atom. The molecular formula is C21H24N2. The molecule has 23 heavy (non-hydrogen) atoms. The third kappa shape index (κ3) is 4.68. The number of rotatable bonds is 2. The van der Waals surface area contributed by atoms with E-state index in [9.17, 15) is 0 Å². The zero-order chi connectivity index (χ0) is 16.1. The zero-order valence-electron chi connectivity index (χ0n) is 14.0. The molecule has 1 fully saturated rings. The van der Waals surface area contributed by atoms with E-state index in [0.717, 1.165) is 29.9 Å². The fraction of sp³-hybridized carbons (Fsp3) is 0.381. The van der Waals surface area contributed by atoms with Crippen molar-refractivity contribution in [1.82, 2.24) is 9.88 Å². The van der Waals surface area contributed by atoms with Gasteiger partial charge in [-0.1, -0.05) is 43.9 Å². The van der Waals surface area contributed by atoms with Gasteiger partial charge in [-0.3, -0.25) is 9.88 Å². The Balaban J connectivity index is 1.62. The number of hydrogen-bond donors (Lipinski definition) is 0. The van der Waals surface area contributed by atoms with E-state index in [0.29, 0.717) is 5.41 Å². The number of benzene rings is 1. The molecule has 0 spiro atoms. The van der Waals surface area contributed by atoms with Gasteiger partial charge in [0.25, 0.3) is 0 Å². The number of aromatic nitrogens is 1. The standard InChI is InChI=1S/C21H24N2/c1-21(2)13-6-14-23(17-21)16-20-12-11-19(15-22-20)10-9-18-7-4-3-5-8-18/h3-5,7-8,11-12,15H,6,13-14,16-17H2,1-2H3. The highest BCUT2D eigenvalue weighted by molar-refractivity contribution is 5.41. The molecule has 1 aromatic heterocycles. The van der Waals surface area contributed by atoms with Gasteiger partial charge in [-0.05, 0) is 49.1 Å². The monoisotopic (exact) mass is 304 g/mol. The smallest absolute Gasteiger partial charge is 0.0544 e. The quantitative estimate of drug-likeness (QED) is 0.776. The predicted molar refractivity (Wildman–Crippen MR) is 95.0 cm³/mol. The van der Waals surface area contributed by atoms with Gasteiger partial charge in [-0.15, -0.1) is 0 Å². The normalized spacial score (nSPS) is 17.3. The lowest BCUT2D eigenvalue weighted by Crippen LogP contribution is -2.39. The Labute approximate surface area is 139 Å². The SMILES string of the molecule is CC1(C)CCCN(Cc2ccc(C#Cc3ccccc3)cn2)C1. The van der Waals surface area contributed by atoms with Gasteiger partial charge in [-0.2, -0.15) is 0 Å². The maximum Gasteiger partial charge on any atom is 0.0544 e. The summed E-state index contributed by atoms with van der Waals surface area (Å²) in [4.78, 5) is 7.10. The second-order valence-corrected chi connectivity index (χ2v) is 7.13. The maximum atomic E-state index is 4.59. The maximum absolute atomic E-state index is 4.59. The average molecular weight is 304 g/mol. The van der Waals surface area contributed by atoms with E-state index in [1.165, 1.54) is 19.4 Å². The summed E-state index contributed by atoms with van der Waals surface area (Å²) in [5.41, 5.74) is 3.57. The summed E-state index contributed by atoms with van der Waals surface area (Å²) >= 11 is 0. The molecular weight excluding hydrogens is 280 g/mol. The lowest BCUT2D eigenvalue weighted by molar-refractivity contribution is 0.110. The van der Waals surface area contributed by atoms with Crippen LogP contribution < -0.4 is 0 Å². The molecule has 0 aliphatic carbocycles. The molecule has 0 amide bonds. The molecule has 0 saturated carbocycles. The minimum atomic E-state index is 0.430. The van der Waals surface area contributed by atoms with Crippen LogP contribution in [0.3, 0.4) is 0 Å². The van der Waals surface area contributed by atoms with Crippen molar-refractivity contribution in [3.8, 4) is 11.8 Å². The summed E-state index contributed by atoms with van der Waals surface area (Å²) in [5, 5.41) is 0. The molecule has 0 radical (unpaired) electrons. The van der Waals surface area contributed by atoms with Gasteiger partial charge in [0, 0.05) is 30.4 Å². The fourth-order valence-corrected chi connectivity index (χ4v) is 3.17. The average Bonchev–Trinajstić information content (AvgIpc) is 2.54. The largest absolute Gasteiger partial charge is 0.297 e. The van der Waals surface area contributed by atoms with Crippen LogP contribution in [-0.4, -0.2) is 23.0 Å². The second kappa shape index (κ2) is 6.98. The van der Waals surface area contributed by atoms with Crippen molar-refractivity contribution in [1.29, 1.82) is 0 Å². The Morgan fingerprint density at radius 2 is 1.83 bits per heavy atom. The summed E-state index contributed by atoms with van der Waals surface area (Å²) in [6, 6.07) is 14.2. The molecule has 2 heterocycles. The van der Waals surface area contributed by atoms with E-state index in [2.05, 4.69) is 47.7 Å². The van der Waals surface area contributed by atoms with E-state index in [-0.39, 0.29) is 0 Å². The molecule has 3 rings (SSSR count). The van der Waals surface area contributed by atoms with Crippen molar-refractivity contribution < 1.29 is 0 Å². The minimum absolute atomic E-state index is 0.430. The molecule has 2 aromatic rings. The first-order valence-electron chi connectivity index (χ1n) is 8.35. The second-order valence-electron chi connectivity index (χ2n) is 7.13. The Hall–Kier alpha value is -2.11. The van der Waals surface area contributed by atoms with Crippen LogP contribution in [0.1, 0.15) is 43.5 Å². The van der Waals surface area contributed by atoms with Crippen molar-refractivity contribution in [3.05, 3.63) is 65.5 Å². The molecule has 1 aliphatic rings. The first-order chi connectivity index (χ1) is 11.1. The van der Waals surface area contributed by atoms with Gasteiger partial charge in [-0.25, -0.2) is 0 Å². The number of piperidine rings is 1. The Kier molecular flexibility index (Phi) is 4.79. The van der Waals surface area contributed by atoms with E-state index in [4.69, 9.17) is 0 Å². The predicted octanol–water partition coefficient (Wildman–Crippen LogP) is 4.10. The number of pyridine rings is 1. The number of hydrogen-bond acceptors (Lipinski definition) is 2. The van der Waals surface area contributed by atoms with Crippen molar-refractivity contribution in [2.45, 2.75) is 33.2 Å². The van der Waals surface area contributed by atoms with Gasteiger partial charge in [0.1, 0.15) is 0 Å². The molecule has 1 aliphatic heterocycles. The lowest BCUT2D eigenvalue weighted by atomic mass is 9.84. The van der Waals surface area contributed by atoms with Crippen LogP contribution in [0.25, 0.3) is 0 Å². The van der Waals surface area contributed by atoms with E-state index in [1.54, 1.807) is 0 Å². The van der Waals surface area contributed by atoms with Crippen molar-refractivity contribution in [2.24, 2.45) is 5.41 Å². The molecule has 0 N–H and O–H groups in total. The zero-order valence-corrected chi connectivity index (χ0v) is 14.0. The van der Waals surface area contributed by atoms with E-state index in [1.807, 2.05) is 36.5 Å². The highest BCUT2D eigenvalue weighted by Gasteiger charge is 2.26. The van der Waals surface area contributed by atoms with Gasteiger partial charge >= 0.3 is 0 Å². The van der Waals surface area contributed by atoms with Gasteiger partial charge in [0.05, 0.1) is 5.69 Å². The highest BCUT2D eigenvalue weighted by atomic mass is 15.1. The topological polar surface area (TPSA) is 16.1 Å². The summed E-state index contributed by atoms with van der Waals surface area (Å²) in [5.74, 6) is 6.35. The molecule has 0 unspecified atom stereocenters. The summed E-state index contributed by atoms with van der Waals surface area (Å²) in [6.07, 6.45) is 4.50. The number of likely N-dealkylation sites (tertiary alicyclic amines) is 1. The highest BCUT2D eigenvalue weighted by Crippen LogP contribution is 2.28. The van der Waals surface area contributed by atoms with Crippen LogP contribution in [0.15, 0.2) is 48.7 Å². The van der Waals surface area contributed by atoms with Crippen LogP contribution in [0.2, 0.25) is 0 Å². The molecule has 1 saturated heterocycles. The van der Waals surface area contributed by atoms with Crippen LogP contribution in [0.4, 0.5) is 0 Å². The van der Waals surface area contributed by atoms with Gasteiger partial charge in [0.2, 0.25) is 0 Å². The van der Waals surface area contributed by atoms with Crippen LogP contribution >= 0.6 is 0 Å². The Morgan fingerprint density at radius 1 is 1.04 bits per heavy atom. The Bertz CT molecular complexity index is 690. The first kappa shape index (κ1) is 15.8. The van der Waals surface area contributed by atoms with Crippen LogP contribution in [-0.2, 0) is 6.54 Å². The minimum Gasteiger partial charge on any atom is -0.297 e. The summed E-state index contributed by atoms with van der Waals surface area (Å²) in [6.45, 7) is 7.99.